The highest BCUT2D eigenvalue weighted by molar-refractivity contribution is 9.09. The SMILES string of the molecule is CNc1ccccc1N1C2=C(C(C)=CC(Br)C2)C1(O)c1ccccc1-c1ccccc1. The smallest absolute Gasteiger partial charge is 0.198 e. The van der Waals surface area contributed by atoms with E-state index in [2.05, 4.69) is 75.5 Å². The number of anilines is 2. The van der Waals surface area contributed by atoms with Gasteiger partial charge in [0, 0.05) is 35.1 Å². The van der Waals surface area contributed by atoms with Gasteiger partial charge >= 0.3 is 0 Å². The predicted octanol–water partition coefficient (Wildman–Crippen LogP) is 6.43. The summed E-state index contributed by atoms with van der Waals surface area (Å²) in [6, 6.07) is 26.6. The molecule has 5 rings (SSSR count). The van der Waals surface area contributed by atoms with E-state index in [0.29, 0.717) is 0 Å². The van der Waals surface area contributed by atoms with Gasteiger partial charge in [-0.15, -0.1) is 0 Å². The molecular formula is C27H25BrN2O. The van der Waals surface area contributed by atoms with Crippen molar-refractivity contribution < 1.29 is 5.11 Å². The molecule has 1 heterocycles. The van der Waals surface area contributed by atoms with Crippen molar-refractivity contribution in [2.24, 2.45) is 0 Å². The minimum Gasteiger partial charge on any atom is -0.386 e. The minimum absolute atomic E-state index is 0.254. The quantitative estimate of drug-likeness (QED) is 0.429. The van der Waals surface area contributed by atoms with E-state index >= 15 is 0 Å². The second-order valence-electron chi connectivity index (χ2n) is 8.08. The zero-order valence-electron chi connectivity index (χ0n) is 17.6. The number of halogens is 1. The third kappa shape index (κ3) is 3.05. The summed E-state index contributed by atoms with van der Waals surface area (Å²) < 4.78 is 0. The van der Waals surface area contributed by atoms with Crippen LogP contribution in [-0.2, 0) is 5.72 Å². The minimum atomic E-state index is -1.25. The fourth-order valence-corrected chi connectivity index (χ4v) is 5.68. The molecule has 2 N–H and O–H groups in total. The van der Waals surface area contributed by atoms with E-state index in [1.54, 1.807) is 0 Å². The number of nitrogens with one attached hydrogen (secondary N) is 1. The van der Waals surface area contributed by atoms with Crippen LogP contribution in [0.15, 0.2) is 102 Å². The molecule has 0 radical (unpaired) electrons. The molecule has 2 unspecified atom stereocenters. The van der Waals surface area contributed by atoms with Crippen LogP contribution in [0.25, 0.3) is 11.1 Å². The molecule has 0 saturated carbocycles. The molecule has 0 aromatic heterocycles. The lowest BCUT2D eigenvalue weighted by Gasteiger charge is -2.56. The summed E-state index contributed by atoms with van der Waals surface area (Å²) in [5, 5.41) is 15.8. The van der Waals surface area contributed by atoms with Crippen LogP contribution < -0.4 is 10.2 Å². The lowest BCUT2D eigenvalue weighted by molar-refractivity contribution is 0.0558. The molecule has 2 aliphatic rings. The van der Waals surface area contributed by atoms with Crippen molar-refractivity contribution in [2.75, 3.05) is 17.3 Å². The van der Waals surface area contributed by atoms with Crippen LogP contribution in [-0.4, -0.2) is 17.0 Å². The highest BCUT2D eigenvalue weighted by Crippen LogP contribution is 2.58. The summed E-state index contributed by atoms with van der Waals surface area (Å²) in [6.45, 7) is 2.10. The molecule has 1 aliphatic heterocycles. The van der Waals surface area contributed by atoms with Crippen molar-refractivity contribution in [3.8, 4) is 11.1 Å². The van der Waals surface area contributed by atoms with Crippen LogP contribution in [0.4, 0.5) is 11.4 Å². The molecular weight excluding hydrogens is 448 g/mol. The Labute approximate surface area is 191 Å². The first kappa shape index (κ1) is 20.1. The van der Waals surface area contributed by atoms with Crippen LogP contribution >= 0.6 is 15.9 Å². The van der Waals surface area contributed by atoms with Crippen LogP contribution in [0.3, 0.4) is 0 Å². The van der Waals surface area contributed by atoms with Gasteiger partial charge in [-0.1, -0.05) is 88.7 Å². The maximum Gasteiger partial charge on any atom is 0.198 e. The van der Waals surface area contributed by atoms with E-state index in [0.717, 1.165) is 51.3 Å². The zero-order valence-corrected chi connectivity index (χ0v) is 19.2. The Hall–Kier alpha value is -2.82. The molecule has 2 atom stereocenters. The van der Waals surface area contributed by atoms with E-state index in [-0.39, 0.29) is 4.83 Å². The second-order valence-corrected chi connectivity index (χ2v) is 9.25. The number of para-hydroxylation sites is 2. The largest absolute Gasteiger partial charge is 0.386 e. The number of nitrogens with zero attached hydrogens (tertiary/aromatic N) is 1. The van der Waals surface area contributed by atoms with Gasteiger partial charge in [0.1, 0.15) is 0 Å². The Bertz CT molecular complexity index is 1200. The van der Waals surface area contributed by atoms with E-state index in [4.69, 9.17) is 0 Å². The summed E-state index contributed by atoms with van der Waals surface area (Å²) in [4.78, 5) is 2.37. The third-order valence-corrected chi connectivity index (χ3v) is 6.83. The molecule has 3 aromatic carbocycles. The molecule has 0 fully saturated rings. The lowest BCUT2D eigenvalue weighted by Crippen LogP contribution is -2.58. The number of allylic oxidation sites excluding steroid dienone is 2. The molecule has 0 spiro atoms. The van der Waals surface area contributed by atoms with Gasteiger partial charge in [-0.25, -0.2) is 0 Å². The van der Waals surface area contributed by atoms with Gasteiger partial charge < -0.3 is 15.3 Å². The number of rotatable bonds is 4. The Morgan fingerprint density at radius 3 is 2.42 bits per heavy atom. The van der Waals surface area contributed by atoms with Crippen LogP contribution in [0.2, 0.25) is 0 Å². The molecule has 156 valence electrons. The molecule has 0 amide bonds. The molecule has 3 nitrogen and oxygen atoms in total. The lowest BCUT2D eigenvalue weighted by atomic mass is 9.73. The fourth-order valence-electron chi connectivity index (χ4n) is 4.97. The van der Waals surface area contributed by atoms with Crippen molar-refractivity contribution in [2.45, 2.75) is 23.9 Å². The van der Waals surface area contributed by atoms with Gasteiger partial charge in [0.25, 0.3) is 0 Å². The van der Waals surface area contributed by atoms with Crippen LogP contribution in [0, 0.1) is 0 Å². The topological polar surface area (TPSA) is 35.5 Å². The Balaban J connectivity index is 1.77. The average molecular weight is 473 g/mol. The summed E-state index contributed by atoms with van der Waals surface area (Å²) in [5.41, 5.74) is 7.04. The number of benzene rings is 3. The second kappa shape index (κ2) is 7.70. The number of aliphatic hydroxyl groups is 1. The van der Waals surface area contributed by atoms with Crippen molar-refractivity contribution in [1.29, 1.82) is 0 Å². The van der Waals surface area contributed by atoms with Crippen molar-refractivity contribution in [3.05, 3.63) is 107 Å². The molecule has 31 heavy (non-hydrogen) atoms. The van der Waals surface area contributed by atoms with Crippen LogP contribution in [0.5, 0.6) is 0 Å². The van der Waals surface area contributed by atoms with E-state index in [1.807, 2.05) is 49.5 Å². The highest BCUT2D eigenvalue weighted by atomic mass is 79.9. The van der Waals surface area contributed by atoms with Gasteiger partial charge in [-0.2, -0.15) is 0 Å². The van der Waals surface area contributed by atoms with Crippen molar-refractivity contribution >= 4 is 27.3 Å². The van der Waals surface area contributed by atoms with Crippen LogP contribution in [0.1, 0.15) is 18.9 Å². The summed E-state index contributed by atoms with van der Waals surface area (Å²) in [5.74, 6) is 0. The number of hydrogen-bond donors (Lipinski definition) is 2. The van der Waals surface area contributed by atoms with Gasteiger partial charge in [0.05, 0.1) is 11.4 Å². The van der Waals surface area contributed by atoms with Gasteiger partial charge in [-0.3, -0.25) is 0 Å². The Morgan fingerprint density at radius 1 is 0.968 bits per heavy atom. The number of hydrogen-bond acceptors (Lipinski definition) is 3. The summed E-state index contributed by atoms with van der Waals surface area (Å²) in [6.07, 6.45) is 3.04. The van der Waals surface area contributed by atoms with E-state index in [9.17, 15) is 5.11 Å². The number of alkyl halides is 1. The first-order valence-corrected chi connectivity index (χ1v) is 11.5. The predicted molar refractivity (Wildman–Crippen MR) is 132 cm³/mol. The molecule has 1 aliphatic carbocycles. The van der Waals surface area contributed by atoms with E-state index in [1.165, 1.54) is 0 Å². The Kier molecular flexibility index (Phi) is 4.99. The maximum absolute atomic E-state index is 12.5. The first-order valence-electron chi connectivity index (χ1n) is 10.6. The molecule has 4 heteroatoms. The zero-order chi connectivity index (χ0) is 21.6. The third-order valence-electron chi connectivity index (χ3n) is 6.25. The molecule has 0 bridgehead atoms. The normalized spacial score (nSPS) is 22.5. The highest BCUT2D eigenvalue weighted by Gasteiger charge is 2.55. The molecule has 0 saturated heterocycles. The standard InChI is InChI=1S/C27H25BrN2O/c1-18-16-20(28)17-25-26(18)27(31,30(25)24-15-9-8-14-23(24)29-2)22-13-7-6-12-21(22)19-10-4-3-5-11-19/h3-16,20,29,31H,17H2,1-2H3. The fraction of sp³-hybridized carbons (Fsp3) is 0.185. The van der Waals surface area contributed by atoms with Gasteiger partial charge in [0.2, 0.25) is 0 Å². The van der Waals surface area contributed by atoms with Gasteiger partial charge in [0.15, 0.2) is 5.72 Å². The Morgan fingerprint density at radius 2 is 1.65 bits per heavy atom. The molecule has 3 aromatic rings. The van der Waals surface area contributed by atoms with Crippen molar-refractivity contribution in [3.63, 3.8) is 0 Å². The van der Waals surface area contributed by atoms with E-state index < -0.39 is 5.72 Å². The van der Waals surface area contributed by atoms with Crippen molar-refractivity contribution in [1.82, 2.24) is 0 Å². The maximum atomic E-state index is 12.5. The average Bonchev–Trinajstić information content (AvgIpc) is 2.79. The first-order chi connectivity index (χ1) is 15.1. The monoisotopic (exact) mass is 472 g/mol. The summed E-state index contributed by atoms with van der Waals surface area (Å²) in [7, 11) is 1.92. The van der Waals surface area contributed by atoms with Gasteiger partial charge in [-0.05, 0) is 35.8 Å². The summed E-state index contributed by atoms with van der Waals surface area (Å²) >= 11 is 3.78.